The third kappa shape index (κ3) is 8.37. The first kappa shape index (κ1) is 22.2. The number of rotatable bonds is 7. The molecule has 1 aliphatic rings. The molecule has 140 valence electrons. The van der Waals surface area contributed by atoms with Crippen molar-refractivity contribution >= 4 is 51.8 Å². The summed E-state index contributed by atoms with van der Waals surface area (Å²) >= 11 is 3.37. The van der Waals surface area contributed by atoms with Gasteiger partial charge in [-0.3, -0.25) is 9.79 Å². The van der Waals surface area contributed by atoms with Crippen molar-refractivity contribution in [3.8, 4) is 0 Å². The number of aliphatic imine (C=N–C) groups is 1. The van der Waals surface area contributed by atoms with Crippen LogP contribution in [0.25, 0.3) is 0 Å². The van der Waals surface area contributed by atoms with E-state index >= 15 is 0 Å². The fraction of sp³-hybridized carbons (Fsp3) is 0.529. The van der Waals surface area contributed by atoms with Crippen LogP contribution in [0.2, 0.25) is 0 Å². The minimum Gasteiger partial charge on any atom is -0.376 e. The van der Waals surface area contributed by atoms with E-state index in [9.17, 15) is 4.79 Å². The van der Waals surface area contributed by atoms with Gasteiger partial charge >= 0.3 is 0 Å². The lowest BCUT2D eigenvalue weighted by atomic mass is 10.2. The van der Waals surface area contributed by atoms with Crippen LogP contribution in [-0.4, -0.2) is 50.8 Å². The quantitative estimate of drug-likeness (QED) is 0.222. The van der Waals surface area contributed by atoms with Crippen LogP contribution < -0.4 is 16.0 Å². The molecule has 1 aromatic rings. The van der Waals surface area contributed by atoms with Gasteiger partial charge in [-0.1, -0.05) is 22.0 Å². The van der Waals surface area contributed by atoms with Crippen molar-refractivity contribution in [1.82, 2.24) is 16.0 Å². The van der Waals surface area contributed by atoms with Gasteiger partial charge in [0.05, 0.1) is 12.6 Å². The van der Waals surface area contributed by atoms with Crippen LogP contribution in [0.4, 0.5) is 0 Å². The monoisotopic (exact) mass is 524 g/mol. The van der Waals surface area contributed by atoms with Crippen LogP contribution in [0.1, 0.15) is 30.1 Å². The minimum atomic E-state index is -0.0839. The van der Waals surface area contributed by atoms with E-state index in [0.717, 1.165) is 36.4 Å². The topological polar surface area (TPSA) is 74.8 Å². The number of guanidine groups is 1. The Bertz CT molecular complexity index is 565. The molecule has 1 atom stereocenters. The lowest BCUT2D eigenvalue weighted by Crippen LogP contribution is -2.42. The van der Waals surface area contributed by atoms with Gasteiger partial charge in [0.25, 0.3) is 5.91 Å². The predicted octanol–water partition coefficient (Wildman–Crippen LogP) is 2.53. The second-order valence-electron chi connectivity index (χ2n) is 5.55. The summed E-state index contributed by atoms with van der Waals surface area (Å²) in [7, 11) is 0. The molecule has 6 nitrogen and oxygen atoms in total. The van der Waals surface area contributed by atoms with Gasteiger partial charge in [0.1, 0.15) is 0 Å². The lowest BCUT2D eigenvalue weighted by Gasteiger charge is -2.13. The number of nitrogens with zero attached hydrogens (tertiary/aromatic N) is 1. The van der Waals surface area contributed by atoms with Crippen LogP contribution in [0.15, 0.2) is 33.7 Å². The molecule has 8 heteroatoms. The van der Waals surface area contributed by atoms with E-state index in [4.69, 9.17) is 4.74 Å². The highest BCUT2D eigenvalue weighted by Crippen LogP contribution is 2.12. The van der Waals surface area contributed by atoms with E-state index in [2.05, 4.69) is 36.9 Å². The summed E-state index contributed by atoms with van der Waals surface area (Å²) in [5, 5.41) is 9.31. The Kier molecular flexibility index (Phi) is 11.1. The number of benzene rings is 1. The molecule has 2 rings (SSSR count). The maximum Gasteiger partial charge on any atom is 0.251 e. The Hall–Kier alpha value is -0.870. The average Bonchev–Trinajstić information content (AvgIpc) is 3.09. The Morgan fingerprint density at radius 3 is 2.80 bits per heavy atom. The Morgan fingerprint density at radius 1 is 1.32 bits per heavy atom. The van der Waals surface area contributed by atoms with Gasteiger partial charge in [0, 0.05) is 36.3 Å². The highest BCUT2D eigenvalue weighted by Gasteiger charge is 2.14. The summed E-state index contributed by atoms with van der Waals surface area (Å²) in [4.78, 5) is 16.6. The molecule has 0 aromatic heterocycles. The van der Waals surface area contributed by atoms with Crippen molar-refractivity contribution in [2.45, 2.75) is 25.9 Å². The van der Waals surface area contributed by atoms with Crippen molar-refractivity contribution in [1.29, 1.82) is 0 Å². The highest BCUT2D eigenvalue weighted by atomic mass is 127. The highest BCUT2D eigenvalue weighted by molar-refractivity contribution is 14.0. The van der Waals surface area contributed by atoms with E-state index in [1.54, 1.807) is 12.1 Å². The van der Waals surface area contributed by atoms with Gasteiger partial charge in [-0.2, -0.15) is 0 Å². The first-order chi connectivity index (χ1) is 11.7. The van der Waals surface area contributed by atoms with Gasteiger partial charge in [-0.25, -0.2) is 0 Å². The van der Waals surface area contributed by atoms with Crippen LogP contribution in [-0.2, 0) is 4.74 Å². The average molecular weight is 525 g/mol. The summed E-state index contributed by atoms with van der Waals surface area (Å²) in [6.45, 7) is 5.46. The molecule has 1 fully saturated rings. The molecule has 1 aliphatic heterocycles. The fourth-order valence-electron chi connectivity index (χ4n) is 2.41. The third-order valence-corrected chi connectivity index (χ3v) is 4.10. The summed E-state index contributed by atoms with van der Waals surface area (Å²) in [6.07, 6.45) is 2.42. The Morgan fingerprint density at radius 2 is 2.12 bits per heavy atom. The fourth-order valence-corrected chi connectivity index (χ4v) is 2.81. The van der Waals surface area contributed by atoms with E-state index in [1.807, 2.05) is 19.1 Å². The second kappa shape index (κ2) is 12.5. The van der Waals surface area contributed by atoms with Crippen molar-refractivity contribution in [3.05, 3.63) is 34.3 Å². The van der Waals surface area contributed by atoms with Crippen molar-refractivity contribution < 1.29 is 9.53 Å². The number of ether oxygens (including phenoxy) is 1. The number of halogens is 2. The molecule has 0 bridgehead atoms. The van der Waals surface area contributed by atoms with Crippen LogP contribution in [0.5, 0.6) is 0 Å². The Balaban J connectivity index is 0.00000312. The van der Waals surface area contributed by atoms with Gasteiger partial charge < -0.3 is 20.7 Å². The molecule has 1 amide bonds. The zero-order valence-corrected chi connectivity index (χ0v) is 18.3. The predicted molar refractivity (Wildman–Crippen MR) is 115 cm³/mol. The van der Waals surface area contributed by atoms with Gasteiger partial charge in [0.15, 0.2) is 5.96 Å². The lowest BCUT2D eigenvalue weighted by molar-refractivity contribution is 0.0954. The second-order valence-corrected chi connectivity index (χ2v) is 6.46. The van der Waals surface area contributed by atoms with Crippen LogP contribution >= 0.6 is 39.9 Å². The van der Waals surface area contributed by atoms with E-state index in [1.165, 1.54) is 0 Å². The number of carbonyl (C=O) groups is 1. The summed E-state index contributed by atoms with van der Waals surface area (Å²) in [6, 6.07) is 7.33. The van der Waals surface area contributed by atoms with Crippen molar-refractivity contribution in [3.63, 3.8) is 0 Å². The SMILES string of the molecule is CCNC(=NCC1CCCO1)NCCNC(=O)c1cccc(Br)c1.I. The van der Waals surface area contributed by atoms with Crippen molar-refractivity contribution in [2.24, 2.45) is 4.99 Å². The Labute approximate surface area is 174 Å². The maximum atomic E-state index is 12.0. The van der Waals surface area contributed by atoms with E-state index in [-0.39, 0.29) is 36.0 Å². The van der Waals surface area contributed by atoms with Gasteiger partial charge in [-0.15, -0.1) is 24.0 Å². The number of hydrogen-bond acceptors (Lipinski definition) is 3. The van der Waals surface area contributed by atoms with E-state index in [0.29, 0.717) is 25.2 Å². The molecule has 0 radical (unpaired) electrons. The number of nitrogens with one attached hydrogen (secondary N) is 3. The molecule has 0 saturated carbocycles. The first-order valence-corrected chi connectivity index (χ1v) is 9.16. The molecule has 1 saturated heterocycles. The number of amides is 1. The maximum absolute atomic E-state index is 12.0. The molecule has 0 spiro atoms. The summed E-state index contributed by atoms with van der Waals surface area (Å²) in [5.41, 5.74) is 0.642. The van der Waals surface area contributed by atoms with E-state index < -0.39 is 0 Å². The molecule has 0 aliphatic carbocycles. The molecule has 1 aromatic carbocycles. The van der Waals surface area contributed by atoms with Gasteiger partial charge in [0.2, 0.25) is 0 Å². The van der Waals surface area contributed by atoms with Gasteiger partial charge in [-0.05, 0) is 38.0 Å². The molecule has 1 heterocycles. The number of carbonyl (C=O) groups excluding carboxylic acids is 1. The third-order valence-electron chi connectivity index (χ3n) is 3.61. The minimum absolute atomic E-state index is 0. The number of hydrogen-bond donors (Lipinski definition) is 3. The molecular formula is C17H26BrIN4O2. The molecule has 1 unspecified atom stereocenters. The molecule has 3 N–H and O–H groups in total. The normalized spacial score (nSPS) is 16.9. The molecule has 25 heavy (non-hydrogen) atoms. The van der Waals surface area contributed by atoms with Crippen LogP contribution in [0, 0.1) is 0 Å². The van der Waals surface area contributed by atoms with Crippen LogP contribution in [0.3, 0.4) is 0 Å². The van der Waals surface area contributed by atoms with Crippen molar-refractivity contribution in [2.75, 3.05) is 32.8 Å². The standard InChI is InChI=1S/C17H25BrN4O2.HI/c1-2-19-17(22-12-15-7-4-10-24-15)21-9-8-20-16(23)13-5-3-6-14(18)11-13;/h3,5-6,11,15H,2,4,7-10,12H2,1H3,(H,20,23)(H2,19,21,22);1H. The smallest absolute Gasteiger partial charge is 0.251 e. The first-order valence-electron chi connectivity index (χ1n) is 8.36. The summed E-state index contributed by atoms with van der Waals surface area (Å²) in [5.74, 6) is 0.670. The largest absolute Gasteiger partial charge is 0.376 e. The zero-order valence-electron chi connectivity index (χ0n) is 14.4. The summed E-state index contributed by atoms with van der Waals surface area (Å²) < 4.78 is 6.47. The zero-order chi connectivity index (χ0) is 17.2. The molecular weight excluding hydrogens is 499 g/mol.